The number of carbonyl (C=O) groups excluding carboxylic acids is 5. The second-order valence-corrected chi connectivity index (χ2v) is 19.6. The highest BCUT2D eigenvalue weighted by Crippen LogP contribution is 2.53. The first-order valence-corrected chi connectivity index (χ1v) is 24.9. The minimum absolute atomic E-state index is 0.0594. The summed E-state index contributed by atoms with van der Waals surface area (Å²) in [5, 5.41) is 28.1. The number of carboxylic acids is 1. The Hall–Kier alpha value is -4.56. The lowest BCUT2D eigenvalue weighted by Gasteiger charge is -2.29. The number of unbranched alkanes of at least 4 members (excludes halogenated alkanes) is 14. The van der Waals surface area contributed by atoms with Crippen LogP contribution in [0, 0.1) is 0 Å². The molecule has 3 amide bonds. The minimum Gasteiger partial charge on any atom is -0.505 e. The summed E-state index contributed by atoms with van der Waals surface area (Å²) >= 11 is 0. The molecule has 0 saturated heterocycles. The summed E-state index contributed by atoms with van der Waals surface area (Å²) in [5.41, 5.74) is 5.99. The van der Waals surface area contributed by atoms with Crippen LogP contribution in [0.5, 0.6) is 0 Å². The number of hydrogen-bond donors (Lipinski definition) is 7. The van der Waals surface area contributed by atoms with E-state index in [0.717, 1.165) is 19.3 Å². The summed E-state index contributed by atoms with van der Waals surface area (Å²) in [6.07, 6.45) is 16.6. The third-order valence-corrected chi connectivity index (χ3v) is 13.3. The number of carbonyl (C=O) groups is 6. The molecule has 1 aliphatic heterocycles. The molecule has 4 unspecified atom stereocenters. The van der Waals surface area contributed by atoms with Crippen LogP contribution in [0.2, 0.25) is 0 Å². The molecule has 21 nitrogen and oxygen atoms in total. The Labute approximate surface area is 389 Å². The van der Waals surface area contributed by atoms with Crippen molar-refractivity contribution >= 4 is 43.3 Å². The summed E-state index contributed by atoms with van der Waals surface area (Å²) in [5.74, 6) is -6.98. The van der Waals surface area contributed by atoms with E-state index in [-0.39, 0.29) is 19.4 Å². The van der Waals surface area contributed by atoms with Crippen molar-refractivity contribution in [3.05, 3.63) is 29.7 Å². The van der Waals surface area contributed by atoms with Crippen LogP contribution in [-0.4, -0.2) is 144 Å². The number of aliphatic hydroxyl groups is 1. The summed E-state index contributed by atoms with van der Waals surface area (Å²) in [4.78, 5) is 83.5. The Kier molecular flexibility index (Phi) is 28.1. The number of hydrogen-bond acceptors (Lipinski definition) is 14. The van der Waals surface area contributed by atoms with Crippen LogP contribution >= 0.6 is 7.67 Å². The molecule has 66 heavy (non-hydrogen) atoms. The highest BCUT2D eigenvalue weighted by molar-refractivity contribution is 7.54. The van der Waals surface area contributed by atoms with Gasteiger partial charge in [-0.05, 0) is 60.4 Å². The number of esters is 2. The van der Waals surface area contributed by atoms with E-state index in [1.165, 1.54) is 114 Å². The van der Waals surface area contributed by atoms with Crippen molar-refractivity contribution < 1.29 is 62.3 Å². The van der Waals surface area contributed by atoms with Crippen LogP contribution in [0.25, 0.3) is 0 Å². The van der Waals surface area contributed by atoms with Crippen LogP contribution in [0.1, 0.15) is 135 Å². The molecule has 22 heteroatoms. The molecule has 0 aromatic carbocycles. The normalized spacial score (nSPS) is 15.3. The standard InChI is InChI=1S/C44H77N8O13P/c1-6-7-8-9-10-11-12-13-14-15-16-17-18-21-26-62-30-35(40-39(56)41(44(60)64-40)65-66(61,51(2)3)52(4)5)63-38(55)24-23-36(53)47-29-37(54)49-34(27-32-28-46-31-48-32)42(57)50-33(43(58)59)22-19-20-25-45/h28,31,33-35,40,56H,6-27,29-30,45H2,1-5H3,(H,46,48)(H,47,53)(H,49,54)(H,50,57)(H,58,59). The summed E-state index contributed by atoms with van der Waals surface area (Å²) in [6, 6.07) is -2.45. The quantitative estimate of drug-likeness (QED) is 0.0275. The largest absolute Gasteiger partial charge is 0.505 e. The van der Waals surface area contributed by atoms with Gasteiger partial charge in [0.15, 0.2) is 11.9 Å². The number of cyclic esters (lactones) is 1. The SMILES string of the molecule is CCCCCCCCCCCCCCCCOCC(OC(=O)CCC(=O)NCC(=O)NC(Cc1cnc[nH]1)C(=O)NC(CCCCN)C(=O)O)C1OC(=O)C(OP(=O)(N(C)C)N(C)C)=C1O. The molecule has 0 bridgehead atoms. The average Bonchev–Trinajstić information content (AvgIpc) is 3.89. The van der Waals surface area contributed by atoms with Crippen LogP contribution in [0.15, 0.2) is 24.0 Å². The second-order valence-electron chi connectivity index (χ2n) is 16.9. The van der Waals surface area contributed by atoms with Gasteiger partial charge in [-0.1, -0.05) is 90.4 Å². The predicted molar refractivity (Wildman–Crippen MR) is 246 cm³/mol. The van der Waals surface area contributed by atoms with Crippen molar-refractivity contribution in [1.29, 1.82) is 0 Å². The van der Waals surface area contributed by atoms with Gasteiger partial charge in [0.25, 0.3) is 5.76 Å². The van der Waals surface area contributed by atoms with Crippen molar-refractivity contribution in [1.82, 2.24) is 35.3 Å². The van der Waals surface area contributed by atoms with E-state index >= 15 is 0 Å². The summed E-state index contributed by atoms with van der Waals surface area (Å²) in [6.45, 7) is 2.00. The number of nitrogens with one attached hydrogen (secondary N) is 4. The van der Waals surface area contributed by atoms with Gasteiger partial charge in [-0.2, -0.15) is 0 Å². The van der Waals surface area contributed by atoms with E-state index in [9.17, 15) is 43.5 Å². The van der Waals surface area contributed by atoms with Crippen molar-refractivity contribution in [3.63, 3.8) is 0 Å². The topological polar surface area (TPSA) is 294 Å². The van der Waals surface area contributed by atoms with Crippen molar-refractivity contribution in [2.45, 2.75) is 160 Å². The monoisotopic (exact) mass is 957 g/mol. The number of imidazole rings is 1. The maximum Gasteiger partial charge on any atom is 0.395 e. The van der Waals surface area contributed by atoms with Crippen molar-refractivity contribution in [3.8, 4) is 0 Å². The Balaban J connectivity index is 1.97. The molecule has 4 atom stereocenters. The van der Waals surface area contributed by atoms with E-state index in [0.29, 0.717) is 38.1 Å². The molecule has 0 saturated carbocycles. The zero-order valence-corrected chi connectivity index (χ0v) is 40.6. The minimum atomic E-state index is -3.82. The van der Waals surface area contributed by atoms with Crippen molar-refractivity contribution in [2.24, 2.45) is 5.73 Å². The smallest absolute Gasteiger partial charge is 0.395 e. The summed E-state index contributed by atoms with van der Waals surface area (Å²) < 4.78 is 38.3. The van der Waals surface area contributed by atoms with Crippen LogP contribution in [-0.2, 0) is 58.5 Å². The number of nitrogens with two attached hydrogens (primary N) is 1. The zero-order valence-electron chi connectivity index (χ0n) is 39.7. The molecule has 0 aliphatic carbocycles. The maximum absolute atomic E-state index is 13.5. The van der Waals surface area contributed by atoms with Gasteiger partial charge in [0.2, 0.25) is 23.8 Å². The Morgan fingerprint density at radius 1 is 0.864 bits per heavy atom. The summed E-state index contributed by atoms with van der Waals surface area (Å²) in [7, 11) is 2.07. The van der Waals surface area contributed by atoms with E-state index in [2.05, 4.69) is 32.8 Å². The predicted octanol–water partition coefficient (Wildman–Crippen LogP) is 4.38. The molecule has 2 rings (SSSR count). The first-order valence-electron chi connectivity index (χ1n) is 23.4. The number of aromatic nitrogens is 2. The third kappa shape index (κ3) is 21.8. The number of amides is 3. The lowest BCUT2D eigenvalue weighted by molar-refractivity contribution is -0.167. The van der Waals surface area contributed by atoms with Crippen molar-refractivity contribution in [2.75, 3.05) is 54.5 Å². The molecule has 0 radical (unpaired) electrons. The van der Waals surface area contributed by atoms with E-state index in [1.807, 2.05) is 0 Å². The molecular formula is C44H77N8O13P. The molecule has 0 spiro atoms. The number of nitrogens with zero attached hydrogens (tertiary/aromatic N) is 3. The number of ether oxygens (including phenoxy) is 3. The molecule has 1 aliphatic rings. The van der Waals surface area contributed by atoms with E-state index < -0.39 is 98.5 Å². The molecule has 1 aromatic rings. The second kappa shape index (κ2) is 32.2. The molecular weight excluding hydrogens is 880 g/mol. The lowest BCUT2D eigenvalue weighted by atomic mass is 10.0. The highest BCUT2D eigenvalue weighted by atomic mass is 31.2. The molecule has 376 valence electrons. The van der Waals surface area contributed by atoms with Gasteiger partial charge in [-0.15, -0.1) is 0 Å². The third-order valence-electron chi connectivity index (χ3n) is 10.9. The molecule has 1 aromatic heterocycles. The molecule has 8 N–H and O–H groups in total. The van der Waals surface area contributed by atoms with Crippen LogP contribution in [0.3, 0.4) is 0 Å². The van der Waals surface area contributed by atoms with Gasteiger partial charge in [-0.3, -0.25) is 19.2 Å². The Morgan fingerprint density at radius 3 is 2.02 bits per heavy atom. The number of carboxylic acid groups (broad SMARTS) is 1. The maximum atomic E-state index is 13.5. The van der Waals surface area contributed by atoms with Gasteiger partial charge < -0.3 is 55.6 Å². The fourth-order valence-electron chi connectivity index (χ4n) is 7.02. The molecule has 2 heterocycles. The Bertz CT molecular complexity index is 1700. The zero-order chi connectivity index (χ0) is 48.9. The Morgan fingerprint density at radius 2 is 1.47 bits per heavy atom. The van der Waals surface area contributed by atoms with E-state index in [4.69, 9.17) is 24.5 Å². The average molecular weight is 957 g/mol. The van der Waals surface area contributed by atoms with Gasteiger partial charge in [-0.25, -0.2) is 28.5 Å². The lowest BCUT2D eigenvalue weighted by Crippen LogP contribution is -2.54. The number of aliphatic hydroxyl groups excluding tert-OH is 1. The van der Waals surface area contributed by atoms with Crippen LogP contribution < -0.4 is 21.7 Å². The number of aliphatic carboxylic acids is 1. The number of H-pyrrole nitrogens is 1. The number of rotatable bonds is 38. The van der Waals surface area contributed by atoms with Gasteiger partial charge in [0, 0.05) is 31.3 Å². The first kappa shape index (κ1) is 57.6. The number of aromatic amines is 1. The van der Waals surface area contributed by atoms with Gasteiger partial charge in [0.1, 0.15) is 12.1 Å². The highest BCUT2D eigenvalue weighted by Gasteiger charge is 2.46. The van der Waals surface area contributed by atoms with Crippen LogP contribution in [0.4, 0.5) is 0 Å². The van der Waals surface area contributed by atoms with Gasteiger partial charge >= 0.3 is 25.6 Å². The fourth-order valence-corrected chi connectivity index (χ4v) is 8.47. The van der Waals surface area contributed by atoms with E-state index in [1.54, 1.807) is 0 Å². The van der Waals surface area contributed by atoms with Gasteiger partial charge in [0.05, 0.1) is 25.9 Å². The fraction of sp³-hybridized carbons (Fsp3) is 0.750. The molecule has 0 fully saturated rings. The first-order chi connectivity index (χ1) is 31.5.